The lowest BCUT2D eigenvalue weighted by molar-refractivity contribution is -0.120. The summed E-state index contributed by atoms with van der Waals surface area (Å²) in [6, 6.07) is 17.5. The number of benzene rings is 2. The van der Waals surface area contributed by atoms with E-state index in [4.69, 9.17) is 4.74 Å². The van der Waals surface area contributed by atoms with Crippen molar-refractivity contribution in [3.8, 4) is 0 Å². The molecule has 2 atom stereocenters. The molecular weight excluding hydrogens is 328 g/mol. The Balaban J connectivity index is 1.56. The van der Waals surface area contributed by atoms with Crippen molar-refractivity contribution in [1.82, 2.24) is 5.32 Å². The summed E-state index contributed by atoms with van der Waals surface area (Å²) in [4.78, 5) is 23.4. The summed E-state index contributed by atoms with van der Waals surface area (Å²) in [5, 5.41) is 5.88. The molecule has 1 aliphatic heterocycles. The highest BCUT2D eigenvalue weighted by Gasteiger charge is 2.24. The number of anilines is 1. The molecule has 2 aromatic rings. The van der Waals surface area contributed by atoms with E-state index in [1.54, 1.807) is 0 Å². The molecule has 136 valence electrons. The number of nitrogens with one attached hydrogen (secondary N) is 2. The van der Waals surface area contributed by atoms with Gasteiger partial charge in [-0.2, -0.15) is 0 Å². The van der Waals surface area contributed by atoms with Crippen LogP contribution in [0, 0.1) is 0 Å². The van der Waals surface area contributed by atoms with Gasteiger partial charge in [-0.25, -0.2) is 0 Å². The maximum Gasteiger partial charge on any atom is 0.228 e. The van der Waals surface area contributed by atoms with Crippen molar-refractivity contribution in [2.24, 2.45) is 0 Å². The summed E-state index contributed by atoms with van der Waals surface area (Å²) in [7, 11) is 0. The Bertz CT molecular complexity index is 744. The van der Waals surface area contributed by atoms with Crippen molar-refractivity contribution in [1.29, 1.82) is 0 Å². The Labute approximate surface area is 153 Å². The summed E-state index contributed by atoms with van der Waals surface area (Å²) >= 11 is 0. The second kappa shape index (κ2) is 8.63. The molecule has 1 heterocycles. The van der Waals surface area contributed by atoms with Crippen LogP contribution in [0.5, 0.6) is 0 Å². The number of ether oxygens (including phenoxy) is 1. The minimum atomic E-state index is -0.0383. The van der Waals surface area contributed by atoms with Gasteiger partial charge in [-0.15, -0.1) is 0 Å². The lowest BCUT2D eigenvalue weighted by atomic mass is 9.97. The van der Waals surface area contributed by atoms with Gasteiger partial charge in [0.2, 0.25) is 11.8 Å². The van der Waals surface area contributed by atoms with Gasteiger partial charge >= 0.3 is 0 Å². The van der Waals surface area contributed by atoms with Crippen molar-refractivity contribution in [3.05, 3.63) is 65.7 Å². The molecule has 26 heavy (non-hydrogen) atoms. The first-order valence-electron chi connectivity index (χ1n) is 8.92. The zero-order chi connectivity index (χ0) is 18.4. The number of hydrogen-bond acceptors (Lipinski definition) is 3. The second-order valence-electron chi connectivity index (χ2n) is 6.61. The van der Waals surface area contributed by atoms with E-state index in [0.29, 0.717) is 13.0 Å². The molecule has 0 aliphatic carbocycles. The quantitative estimate of drug-likeness (QED) is 0.868. The van der Waals surface area contributed by atoms with Gasteiger partial charge in [0.05, 0.1) is 12.5 Å². The summed E-state index contributed by atoms with van der Waals surface area (Å²) in [5.74, 6) is -0.0456. The third kappa shape index (κ3) is 5.17. The van der Waals surface area contributed by atoms with E-state index in [1.807, 2.05) is 54.6 Å². The molecule has 5 nitrogen and oxygen atoms in total. The Morgan fingerprint density at radius 3 is 2.50 bits per heavy atom. The average molecular weight is 352 g/mol. The number of hydrogen-bond donors (Lipinski definition) is 2. The first-order chi connectivity index (χ1) is 12.6. The maximum atomic E-state index is 12.1. The van der Waals surface area contributed by atoms with Crippen molar-refractivity contribution in [3.63, 3.8) is 0 Å². The standard InChI is InChI=1S/C21H24N2O3/c1-15(24)22-19-11-12-26-20(14-19)17-7-9-18(10-8-17)23-21(25)13-16-5-3-2-4-6-16/h2-10,19-20H,11-14H2,1H3,(H,22,24)(H,23,25)/t19-,20+/m1/s1. The molecule has 2 amide bonds. The maximum absolute atomic E-state index is 12.1. The monoisotopic (exact) mass is 352 g/mol. The van der Waals surface area contributed by atoms with Crippen LogP contribution in [-0.2, 0) is 20.7 Å². The summed E-state index contributed by atoms with van der Waals surface area (Å²) < 4.78 is 5.84. The molecule has 0 bridgehead atoms. The molecule has 2 N–H and O–H groups in total. The van der Waals surface area contributed by atoms with Crippen LogP contribution >= 0.6 is 0 Å². The molecule has 0 spiro atoms. The van der Waals surface area contributed by atoms with Crippen LogP contribution in [-0.4, -0.2) is 24.5 Å². The molecule has 0 saturated carbocycles. The lowest BCUT2D eigenvalue weighted by Crippen LogP contribution is -2.38. The largest absolute Gasteiger partial charge is 0.373 e. The minimum absolute atomic E-state index is 0.00729. The van der Waals surface area contributed by atoms with Crippen LogP contribution in [0.3, 0.4) is 0 Å². The summed E-state index contributed by atoms with van der Waals surface area (Å²) in [6.07, 6.45) is 1.92. The van der Waals surface area contributed by atoms with Crippen LogP contribution in [0.1, 0.15) is 37.0 Å². The van der Waals surface area contributed by atoms with Crippen LogP contribution in [0.2, 0.25) is 0 Å². The van der Waals surface area contributed by atoms with Crippen molar-refractivity contribution in [2.75, 3.05) is 11.9 Å². The Morgan fingerprint density at radius 1 is 1.08 bits per heavy atom. The fourth-order valence-corrected chi connectivity index (χ4v) is 3.22. The van der Waals surface area contributed by atoms with Crippen LogP contribution in [0.4, 0.5) is 5.69 Å². The second-order valence-corrected chi connectivity index (χ2v) is 6.61. The Morgan fingerprint density at radius 2 is 1.81 bits per heavy atom. The van der Waals surface area contributed by atoms with Gasteiger partial charge in [-0.1, -0.05) is 42.5 Å². The smallest absolute Gasteiger partial charge is 0.228 e. The summed E-state index contributed by atoms with van der Waals surface area (Å²) in [6.45, 7) is 2.17. The fourth-order valence-electron chi connectivity index (χ4n) is 3.22. The van der Waals surface area contributed by atoms with E-state index >= 15 is 0 Å². The van der Waals surface area contributed by atoms with Gasteiger partial charge in [0.1, 0.15) is 0 Å². The normalized spacial score (nSPS) is 19.6. The fraction of sp³-hybridized carbons (Fsp3) is 0.333. The van der Waals surface area contributed by atoms with Crippen LogP contribution in [0.15, 0.2) is 54.6 Å². The van der Waals surface area contributed by atoms with Crippen molar-refractivity contribution < 1.29 is 14.3 Å². The van der Waals surface area contributed by atoms with E-state index in [2.05, 4.69) is 10.6 Å². The molecule has 2 aromatic carbocycles. The average Bonchev–Trinajstić information content (AvgIpc) is 2.63. The molecule has 5 heteroatoms. The van der Waals surface area contributed by atoms with Gasteiger partial charge in [0.25, 0.3) is 0 Å². The van der Waals surface area contributed by atoms with Gasteiger partial charge in [-0.05, 0) is 36.1 Å². The zero-order valence-electron chi connectivity index (χ0n) is 14.9. The number of rotatable bonds is 5. The van der Waals surface area contributed by atoms with E-state index in [9.17, 15) is 9.59 Å². The SMILES string of the molecule is CC(=O)N[C@@H]1CCO[C@H](c2ccc(NC(=O)Cc3ccccc3)cc2)C1. The van der Waals surface area contributed by atoms with E-state index < -0.39 is 0 Å². The molecule has 1 saturated heterocycles. The van der Waals surface area contributed by atoms with Gasteiger partial charge in [-0.3, -0.25) is 9.59 Å². The minimum Gasteiger partial charge on any atom is -0.373 e. The molecule has 1 fully saturated rings. The van der Waals surface area contributed by atoms with Crippen molar-refractivity contribution >= 4 is 17.5 Å². The van der Waals surface area contributed by atoms with Crippen LogP contribution < -0.4 is 10.6 Å². The molecular formula is C21H24N2O3. The molecule has 3 rings (SSSR count). The predicted octanol–water partition coefficient (Wildman–Crippen LogP) is 3.22. The molecule has 0 aromatic heterocycles. The molecule has 0 radical (unpaired) electrons. The van der Waals surface area contributed by atoms with E-state index in [1.165, 1.54) is 6.92 Å². The van der Waals surface area contributed by atoms with Crippen LogP contribution in [0.25, 0.3) is 0 Å². The lowest BCUT2D eigenvalue weighted by Gasteiger charge is -2.30. The third-order valence-corrected chi connectivity index (χ3v) is 4.47. The highest BCUT2D eigenvalue weighted by molar-refractivity contribution is 5.92. The third-order valence-electron chi connectivity index (χ3n) is 4.47. The number of carbonyl (C=O) groups is 2. The zero-order valence-corrected chi connectivity index (χ0v) is 14.9. The van der Waals surface area contributed by atoms with Crippen molar-refractivity contribution in [2.45, 2.75) is 38.3 Å². The van der Waals surface area contributed by atoms with Gasteiger partial charge in [0.15, 0.2) is 0 Å². The van der Waals surface area contributed by atoms with E-state index in [-0.39, 0.29) is 24.0 Å². The highest BCUT2D eigenvalue weighted by atomic mass is 16.5. The first kappa shape index (κ1) is 18.1. The predicted molar refractivity (Wildman–Crippen MR) is 101 cm³/mol. The molecule has 0 unspecified atom stereocenters. The summed E-state index contributed by atoms with van der Waals surface area (Å²) in [5.41, 5.74) is 2.81. The van der Waals surface area contributed by atoms with E-state index in [0.717, 1.165) is 29.7 Å². The van der Waals surface area contributed by atoms with Gasteiger partial charge < -0.3 is 15.4 Å². The Kier molecular flexibility index (Phi) is 6.02. The highest BCUT2D eigenvalue weighted by Crippen LogP contribution is 2.29. The number of carbonyl (C=O) groups excluding carboxylic acids is 2. The topological polar surface area (TPSA) is 67.4 Å². The molecule has 1 aliphatic rings. The first-order valence-corrected chi connectivity index (χ1v) is 8.92. The number of amides is 2. The van der Waals surface area contributed by atoms with Gasteiger partial charge in [0, 0.05) is 25.3 Å². The Hall–Kier alpha value is -2.66.